The van der Waals surface area contributed by atoms with Crippen molar-refractivity contribution in [2.45, 2.75) is 32.8 Å². The highest BCUT2D eigenvalue weighted by molar-refractivity contribution is 5.84. The molecule has 0 saturated heterocycles. The summed E-state index contributed by atoms with van der Waals surface area (Å²) in [5, 5.41) is 4.02. The third-order valence-electron chi connectivity index (χ3n) is 4.68. The highest BCUT2D eigenvalue weighted by Crippen LogP contribution is 2.22. The van der Waals surface area contributed by atoms with E-state index in [1.807, 2.05) is 66.7 Å². The summed E-state index contributed by atoms with van der Waals surface area (Å²) in [6.07, 6.45) is 3.06. The molecule has 1 atom stereocenters. The Balaban J connectivity index is 1.47. The fourth-order valence-corrected chi connectivity index (χ4v) is 2.86. The molecule has 0 unspecified atom stereocenters. The maximum absolute atomic E-state index is 12.3. The van der Waals surface area contributed by atoms with Crippen LogP contribution in [0.4, 0.5) is 0 Å². The molecule has 0 saturated carbocycles. The van der Waals surface area contributed by atoms with Crippen molar-refractivity contribution in [1.29, 1.82) is 0 Å². The maximum atomic E-state index is 12.3. The number of nitrogens with one attached hydrogen (secondary N) is 1. The molecule has 5 heteroatoms. The molecular weight excluding hydrogens is 388 g/mol. The van der Waals surface area contributed by atoms with Crippen LogP contribution in [-0.2, 0) is 4.79 Å². The first kappa shape index (κ1) is 22.1. The fourth-order valence-electron chi connectivity index (χ4n) is 2.86. The minimum Gasteiger partial charge on any atom is -0.494 e. The summed E-state index contributed by atoms with van der Waals surface area (Å²) in [4.78, 5) is 12.3. The first-order valence-electron chi connectivity index (χ1n) is 10.5. The number of carbonyl (C=O) groups is 1. The Labute approximate surface area is 183 Å². The standard InChI is InChI=1S/C26H28N2O3/c1-3-4-18-30-24-14-10-21(11-15-24)19-27-28-26(29)20(2)31-25-16-12-23(13-17-25)22-8-6-5-7-9-22/h5-17,19-20H,3-4,18H2,1-2H3,(H,28,29)/b27-19-/t20-/m1/s1. The summed E-state index contributed by atoms with van der Waals surface area (Å²) in [5.74, 6) is 1.14. The van der Waals surface area contributed by atoms with Gasteiger partial charge in [0.2, 0.25) is 0 Å². The minimum absolute atomic E-state index is 0.317. The first-order chi connectivity index (χ1) is 15.2. The van der Waals surface area contributed by atoms with E-state index in [0.29, 0.717) is 12.4 Å². The van der Waals surface area contributed by atoms with Crippen LogP contribution in [0.2, 0.25) is 0 Å². The topological polar surface area (TPSA) is 59.9 Å². The number of nitrogens with zero attached hydrogens (tertiary/aromatic N) is 1. The van der Waals surface area contributed by atoms with Crippen LogP contribution >= 0.6 is 0 Å². The van der Waals surface area contributed by atoms with Crippen LogP contribution in [0.5, 0.6) is 11.5 Å². The van der Waals surface area contributed by atoms with Gasteiger partial charge in [-0.2, -0.15) is 5.10 Å². The van der Waals surface area contributed by atoms with E-state index in [1.165, 1.54) is 0 Å². The number of rotatable bonds is 10. The van der Waals surface area contributed by atoms with Crippen molar-refractivity contribution in [3.05, 3.63) is 84.4 Å². The van der Waals surface area contributed by atoms with Crippen molar-refractivity contribution in [3.8, 4) is 22.6 Å². The van der Waals surface area contributed by atoms with E-state index >= 15 is 0 Å². The van der Waals surface area contributed by atoms with Gasteiger partial charge in [-0.1, -0.05) is 55.8 Å². The lowest BCUT2D eigenvalue weighted by atomic mass is 10.1. The van der Waals surface area contributed by atoms with Crippen LogP contribution in [0.25, 0.3) is 11.1 Å². The van der Waals surface area contributed by atoms with E-state index in [2.05, 4.69) is 29.6 Å². The Hall–Kier alpha value is -3.60. The van der Waals surface area contributed by atoms with Crippen molar-refractivity contribution in [2.24, 2.45) is 5.10 Å². The van der Waals surface area contributed by atoms with Crippen LogP contribution < -0.4 is 14.9 Å². The van der Waals surface area contributed by atoms with Crippen LogP contribution in [0.15, 0.2) is 84.0 Å². The SMILES string of the molecule is CCCCOc1ccc(/C=N\NC(=O)[C@@H](C)Oc2ccc(-c3ccccc3)cc2)cc1. The van der Waals surface area contributed by atoms with Gasteiger partial charge < -0.3 is 9.47 Å². The van der Waals surface area contributed by atoms with E-state index in [0.717, 1.165) is 35.3 Å². The molecule has 1 amide bonds. The largest absolute Gasteiger partial charge is 0.494 e. The Bertz CT molecular complexity index is 968. The molecule has 5 nitrogen and oxygen atoms in total. The van der Waals surface area contributed by atoms with Gasteiger partial charge in [-0.3, -0.25) is 4.79 Å². The summed E-state index contributed by atoms with van der Waals surface area (Å²) < 4.78 is 11.4. The van der Waals surface area contributed by atoms with Gasteiger partial charge >= 0.3 is 0 Å². The highest BCUT2D eigenvalue weighted by atomic mass is 16.5. The molecule has 1 N–H and O–H groups in total. The molecule has 0 aliphatic rings. The molecular formula is C26H28N2O3. The van der Waals surface area contributed by atoms with Crippen molar-refractivity contribution >= 4 is 12.1 Å². The fraction of sp³-hybridized carbons (Fsp3) is 0.231. The van der Waals surface area contributed by atoms with Gasteiger partial charge in [0.05, 0.1) is 12.8 Å². The second kappa shape index (κ2) is 11.6. The molecule has 0 fully saturated rings. The average Bonchev–Trinajstić information content (AvgIpc) is 2.81. The van der Waals surface area contributed by atoms with Gasteiger partial charge in [0.25, 0.3) is 5.91 Å². The third kappa shape index (κ3) is 7.00. The number of hydrazone groups is 1. The number of ether oxygens (including phenoxy) is 2. The molecule has 0 spiro atoms. The summed E-state index contributed by atoms with van der Waals surface area (Å²) in [6.45, 7) is 4.54. The lowest BCUT2D eigenvalue weighted by Gasteiger charge is -2.13. The zero-order valence-electron chi connectivity index (χ0n) is 18.0. The number of carbonyl (C=O) groups excluding carboxylic acids is 1. The Morgan fingerprint density at radius 2 is 1.58 bits per heavy atom. The average molecular weight is 417 g/mol. The van der Waals surface area contributed by atoms with E-state index in [4.69, 9.17) is 9.47 Å². The predicted octanol–water partition coefficient (Wildman–Crippen LogP) is 5.45. The summed E-state index contributed by atoms with van der Waals surface area (Å²) in [5.41, 5.74) is 5.62. The number of hydrogen-bond acceptors (Lipinski definition) is 4. The van der Waals surface area contributed by atoms with Gasteiger partial charge in [0, 0.05) is 0 Å². The second-order valence-corrected chi connectivity index (χ2v) is 7.16. The normalized spacial score (nSPS) is 11.8. The Kier molecular flexibility index (Phi) is 8.23. The smallest absolute Gasteiger partial charge is 0.280 e. The van der Waals surface area contributed by atoms with Crippen molar-refractivity contribution < 1.29 is 14.3 Å². The number of unbranched alkanes of at least 4 members (excludes halogenated alkanes) is 1. The zero-order valence-corrected chi connectivity index (χ0v) is 18.0. The van der Waals surface area contributed by atoms with Gasteiger partial charge in [-0.15, -0.1) is 0 Å². The number of amides is 1. The summed E-state index contributed by atoms with van der Waals surface area (Å²) >= 11 is 0. The van der Waals surface area contributed by atoms with Gasteiger partial charge in [0.1, 0.15) is 11.5 Å². The lowest BCUT2D eigenvalue weighted by molar-refractivity contribution is -0.127. The second-order valence-electron chi connectivity index (χ2n) is 7.16. The molecule has 0 aromatic heterocycles. The van der Waals surface area contributed by atoms with Crippen molar-refractivity contribution in [2.75, 3.05) is 6.61 Å². The first-order valence-corrected chi connectivity index (χ1v) is 10.5. The molecule has 3 aromatic carbocycles. The quantitative estimate of drug-likeness (QED) is 0.272. The third-order valence-corrected chi connectivity index (χ3v) is 4.68. The Morgan fingerprint density at radius 1 is 0.935 bits per heavy atom. The molecule has 31 heavy (non-hydrogen) atoms. The molecule has 160 valence electrons. The van der Waals surface area contributed by atoms with Crippen molar-refractivity contribution in [1.82, 2.24) is 5.43 Å². The zero-order chi connectivity index (χ0) is 21.9. The van der Waals surface area contributed by atoms with Crippen LogP contribution in [0, 0.1) is 0 Å². The number of hydrogen-bond donors (Lipinski definition) is 1. The van der Waals surface area contributed by atoms with E-state index < -0.39 is 6.10 Å². The monoisotopic (exact) mass is 416 g/mol. The molecule has 0 heterocycles. The van der Waals surface area contributed by atoms with E-state index in [9.17, 15) is 4.79 Å². The van der Waals surface area contributed by atoms with Crippen LogP contribution in [-0.4, -0.2) is 24.8 Å². The van der Waals surface area contributed by atoms with E-state index in [1.54, 1.807) is 13.1 Å². The summed E-state index contributed by atoms with van der Waals surface area (Å²) in [7, 11) is 0. The predicted molar refractivity (Wildman–Crippen MR) is 125 cm³/mol. The Morgan fingerprint density at radius 3 is 2.26 bits per heavy atom. The van der Waals surface area contributed by atoms with Crippen LogP contribution in [0.1, 0.15) is 32.3 Å². The molecule has 3 rings (SSSR count). The van der Waals surface area contributed by atoms with Crippen molar-refractivity contribution in [3.63, 3.8) is 0 Å². The minimum atomic E-state index is -0.672. The molecule has 0 aliphatic heterocycles. The molecule has 3 aromatic rings. The maximum Gasteiger partial charge on any atom is 0.280 e. The molecule has 0 radical (unpaired) electrons. The van der Waals surface area contributed by atoms with Gasteiger partial charge in [-0.25, -0.2) is 5.43 Å². The lowest BCUT2D eigenvalue weighted by Crippen LogP contribution is -2.33. The molecule has 0 aliphatic carbocycles. The molecule has 0 bridgehead atoms. The number of benzene rings is 3. The summed E-state index contributed by atoms with van der Waals surface area (Å²) in [6, 6.07) is 25.3. The van der Waals surface area contributed by atoms with Crippen LogP contribution in [0.3, 0.4) is 0 Å². The van der Waals surface area contributed by atoms with Gasteiger partial charge in [0.15, 0.2) is 6.10 Å². The van der Waals surface area contributed by atoms with Gasteiger partial charge in [-0.05, 0) is 66.4 Å². The van der Waals surface area contributed by atoms with E-state index in [-0.39, 0.29) is 5.91 Å². The highest BCUT2D eigenvalue weighted by Gasteiger charge is 2.14.